The maximum Gasteiger partial charge on any atom is 0.306 e. The first-order valence-electron chi connectivity index (χ1n) is 25.0. The van der Waals surface area contributed by atoms with Gasteiger partial charge in [0.05, 0.1) is 19.8 Å². The fourth-order valence-electron chi connectivity index (χ4n) is 7.26. The molecule has 0 aromatic carbocycles. The minimum Gasteiger partial charge on any atom is -0.457 e. The summed E-state index contributed by atoms with van der Waals surface area (Å²) >= 11 is 0. The van der Waals surface area contributed by atoms with Crippen molar-refractivity contribution in [3.63, 3.8) is 0 Å². The monoisotopic (exact) mass is 873 g/mol. The molecular weight excluding hydrogens is 781 g/mol. The van der Waals surface area contributed by atoms with Crippen molar-refractivity contribution in [2.24, 2.45) is 0 Å². The summed E-state index contributed by atoms with van der Waals surface area (Å²) < 4.78 is 22.8. The summed E-state index contributed by atoms with van der Waals surface area (Å²) in [5.41, 5.74) is 0. The third-order valence-corrected chi connectivity index (χ3v) is 11.1. The highest BCUT2D eigenvalue weighted by Gasteiger charge is 2.44. The van der Waals surface area contributed by atoms with Crippen LogP contribution in [0.1, 0.15) is 194 Å². The first-order valence-corrected chi connectivity index (χ1v) is 25.0. The van der Waals surface area contributed by atoms with Crippen LogP contribution in [0.2, 0.25) is 0 Å². The third-order valence-electron chi connectivity index (χ3n) is 11.1. The highest BCUT2D eigenvalue weighted by molar-refractivity contribution is 5.69. The minimum absolute atomic E-state index is 0.126. The molecule has 0 radical (unpaired) electrons. The van der Waals surface area contributed by atoms with Gasteiger partial charge in [-0.2, -0.15) is 0 Å². The van der Waals surface area contributed by atoms with E-state index in [1.54, 1.807) is 0 Å². The number of carbonyl (C=O) groups excluding carboxylic acids is 1. The highest BCUT2D eigenvalue weighted by Crippen LogP contribution is 2.22. The van der Waals surface area contributed by atoms with E-state index in [0.717, 1.165) is 64.2 Å². The lowest BCUT2D eigenvalue weighted by Crippen LogP contribution is -2.59. The van der Waals surface area contributed by atoms with Crippen molar-refractivity contribution in [1.82, 2.24) is 0 Å². The molecule has 1 saturated heterocycles. The number of aliphatic hydroxyl groups is 4. The number of esters is 1. The van der Waals surface area contributed by atoms with E-state index in [-0.39, 0.29) is 25.6 Å². The molecule has 6 unspecified atom stereocenters. The van der Waals surface area contributed by atoms with Crippen molar-refractivity contribution < 1.29 is 44.2 Å². The zero-order valence-electron chi connectivity index (χ0n) is 39.3. The van der Waals surface area contributed by atoms with Gasteiger partial charge in [-0.25, -0.2) is 0 Å². The van der Waals surface area contributed by atoms with Gasteiger partial charge in [0.15, 0.2) is 6.29 Å². The molecule has 1 heterocycles. The van der Waals surface area contributed by atoms with Crippen molar-refractivity contribution in [2.75, 3.05) is 26.4 Å². The number of rotatable bonds is 42. The van der Waals surface area contributed by atoms with Gasteiger partial charge >= 0.3 is 5.97 Å². The van der Waals surface area contributed by atoms with Crippen LogP contribution in [0.5, 0.6) is 0 Å². The summed E-state index contributed by atoms with van der Waals surface area (Å²) in [5.74, 6) is -0.355. The maximum absolute atomic E-state index is 12.8. The summed E-state index contributed by atoms with van der Waals surface area (Å²) in [6.45, 7) is 4.41. The Hall–Kier alpha value is -2.37. The molecule has 0 bridgehead atoms. The van der Waals surface area contributed by atoms with E-state index >= 15 is 0 Å². The molecular formula is C53H92O9. The lowest BCUT2D eigenvalue weighted by Gasteiger charge is -2.39. The van der Waals surface area contributed by atoms with Crippen molar-refractivity contribution in [3.8, 4) is 0 Å². The fourth-order valence-corrected chi connectivity index (χ4v) is 7.26. The van der Waals surface area contributed by atoms with Crippen molar-refractivity contribution >= 4 is 5.97 Å². The van der Waals surface area contributed by atoms with Crippen LogP contribution in [-0.2, 0) is 23.7 Å². The Kier molecular flexibility index (Phi) is 40.8. The van der Waals surface area contributed by atoms with Crippen LogP contribution < -0.4 is 0 Å². The summed E-state index contributed by atoms with van der Waals surface area (Å²) in [5, 5.41) is 40.2. The second kappa shape index (κ2) is 43.9. The first-order chi connectivity index (χ1) is 30.4. The van der Waals surface area contributed by atoms with E-state index in [0.29, 0.717) is 13.0 Å². The lowest BCUT2D eigenvalue weighted by atomic mass is 9.99. The second-order valence-corrected chi connectivity index (χ2v) is 16.9. The molecule has 1 fully saturated rings. The van der Waals surface area contributed by atoms with Gasteiger partial charge in [-0.15, -0.1) is 0 Å². The number of allylic oxidation sites excluding steroid dienone is 12. The third kappa shape index (κ3) is 34.1. The number of ether oxygens (including phenoxy) is 4. The van der Waals surface area contributed by atoms with Crippen LogP contribution in [0.4, 0.5) is 0 Å². The number of carbonyl (C=O) groups is 1. The molecule has 0 aromatic rings. The molecule has 62 heavy (non-hydrogen) atoms. The second-order valence-electron chi connectivity index (χ2n) is 16.9. The van der Waals surface area contributed by atoms with Gasteiger partial charge in [0, 0.05) is 13.0 Å². The van der Waals surface area contributed by atoms with E-state index in [9.17, 15) is 25.2 Å². The van der Waals surface area contributed by atoms with Gasteiger partial charge < -0.3 is 39.4 Å². The fraction of sp³-hybridized carbons (Fsp3) is 0.755. The zero-order valence-corrected chi connectivity index (χ0v) is 39.3. The Balaban J connectivity index is 2.27. The predicted octanol–water partition coefficient (Wildman–Crippen LogP) is 12.0. The zero-order chi connectivity index (χ0) is 45.0. The number of unbranched alkanes of at least 4 members (excludes halogenated alkanes) is 19. The van der Waals surface area contributed by atoms with E-state index in [1.807, 2.05) is 0 Å². The maximum atomic E-state index is 12.8. The van der Waals surface area contributed by atoms with E-state index in [4.69, 9.17) is 18.9 Å². The van der Waals surface area contributed by atoms with Gasteiger partial charge in [0.1, 0.15) is 30.5 Å². The minimum atomic E-state index is -1.55. The Morgan fingerprint density at radius 3 is 1.45 bits per heavy atom. The smallest absolute Gasteiger partial charge is 0.306 e. The molecule has 0 spiro atoms. The normalized spacial score (nSPS) is 20.4. The van der Waals surface area contributed by atoms with Crippen molar-refractivity contribution in [3.05, 3.63) is 72.9 Å². The summed E-state index contributed by atoms with van der Waals surface area (Å²) in [6, 6.07) is 0. The van der Waals surface area contributed by atoms with Crippen molar-refractivity contribution in [2.45, 2.75) is 230 Å². The molecule has 1 rings (SSSR count). The van der Waals surface area contributed by atoms with Gasteiger partial charge in [-0.05, 0) is 64.2 Å². The number of hydrogen-bond donors (Lipinski definition) is 4. The first kappa shape index (κ1) is 57.6. The van der Waals surface area contributed by atoms with Gasteiger partial charge in [-0.1, -0.05) is 196 Å². The highest BCUT2D eigenvalue weighted by atomic mass is 16.7. The number of aliphatic hydroxyl groups excluding tert-OH is 4. The molecule has 6 atom stereocenters. The molecule has 9 heteroatoms. The van der Waals surface area contributed by atoms with Gasteiger partial charge in [-0.3, -0.25) is 4.79 Å². The average Bonchev–Trinajstić information content (AvgIpc) is 3.27. The molecule has 0 aliphatic carbocycles. The van der Waals surface area contributed by atoms with Crippen LogP contribution >= 0.6 is 0 Å². The van der Waals surface area contributed by atoms with E-state index < -0.39 is 43.4 Å². The van der Waals surface area contributed by atoms with Crippen molar-refractivity contribution in [1.29, 1.82) is 0 Å². The quantitative estimate of drug-likeness (QED) is 0.0269. The van der Waals surface area contributed by atoms with E-state index in [2.05, 4.69) is 86.8 Å². The molecule has 0 aromatic heterocycles. The molecule has 9 nitrogen and oxygen atoms in total. The summed E-state index contributed by atoms with van der Waals surface area (Å²) in [6.07, 6.45) is 50.8. The molecule has 0 amide bonds. The predicted molar refractivity (Wildman–Crippen MR) is 256 cm³/mol. The summed E-state index contributed by atoms with van der Waals surface area (Å²) in [4.78, 5) is 12.8. The lowest BCUT2D eigenvalue weighted by molar-refractivity contribution is -0.305. The molecule has 1 aliphatic heterocycles. The Morgan fingerprint density at radius 1 is 0.532 bits per heavy atom. The Labute approximate surface area is 378 Å². The van der Waals surface area contributed by atoms with E-state index in [1.165, 1.54) is 103 Å². The summed E-state index contributed by atoms with van der Waals surface area (Å²) in [7, 11) is 0. The average molecular weight is 873 g/mol. The van der Waals surface area contributed by atoms with Gasteiger partial charge in [0.2, 0.25) is 0 Å². The largest absolute Gasteiger partial charge is 0.457 e. The van der Waals surface area contributed by atoms with Crippen LogP contribution in [0.15, 0.2) is 72.9 Å². The molecule has 0 saturated carbocycles. The van der Waals surface area contributed by atoms with Crippen LogP contribution in [0.3, 0.4) is 0 Å². The Bertz CT molecular complexity index is 1180. The number of hydrogen-bond acceptors (Lipinski definition) is 9. The van der Waals surface area contributed by atoms with Crippen LogP contribution in [0, 0.1) is 0 Å². The molecule has 1 aliphatic rings. The SMILES string of the molecule is CC/C=C\C/C=C\C/C=C\C/C=C\C/C=C\C/C=C\CCCCC(=O)OC(COCCCCCCCCCCCCCCCCCCCC)COC1OC(CO)C(O)C(O)C1O. The van der Waals surface area contributed by atoms with Gasteiger partial charge in [0.25, 0.3) is 0 Å². The topological polar surface area (TPSA) is 135 Å². The standard InChI is InChI=1S/C53H92O9/c1-3-5-7-9-11-13-15-17-19-21-23-24-25-26-28-30-32-34-36-38-40-42-49(55)61-47(46-60-53-52(58)51(57)50(56)48(44-54)62-53)45-59-43-41-39-37-35-33-31-29-27-22-20-18-16-14-12-10-8-6-4-2/h5,7,11,13,17,19,23-24,26,28,32,34,47-48,50-54,56-58H,3-4,6,8-10,12,14-16,18,20-22,25,27,29-31,33,35-46H2,1-2H3/b7-5-,13-11-,19-17-,24-23-,28-26-,34-32-. The Morgan fingerprint density at radius 2 is 0.984 bits per heavy atom. The van der Waals surface area contributed by atoms with Crippen LogP contribution in [0.25, 0.3) is 0 Å². The molecule has 358 valence electrons. The van der Waals surface area contributed by atoms with Crippen LogP contribution in [-0.4, -0.2) is 89.6 Å². The molecule has 4 N–H and O–H groups in total.